The van der Waals surface area contributed by atoms with Gasteiger partial charge < -0.3 is 17.4 Å². The van der Waals surface area contributed by atoms with Crippen molar-refractivity contribution in [3.05, 3.63) is 60.7 Å². The van der Waals surface area contributed by atoms with Gasteiger partial charge in [0.05, 0.1) is 0 Å². The van der Waals surface area contributed by atoms with Gasteiger partial charge in [-0.3, -0.25) is 0 Å². The van der Waals surface area contributed by atoms with Crippen molar-refractivity contribution in [1.29, 1.82) is 0 Å². The van der Waals surface area contributed by atoms with Crippen LogP contribution in [-0.2, 0) is 4.43 Å². The first kappa shape index (κ1) is 25.7. The Labute approximate surface area is 210 Å². The van der Waals surface area contributed by atoms with E-state index in [-0.39, 0.29) is 62.8 Å². The fraction of sp³-hybridized carbons (Fsp3) is 0.333. The normalized spacial score (nSPS) is 11.9. The maximum atomic E-state index is 12.2. The van der Waals surface area contributed by atoms with Crippen molar-refractivity contribution in [2.24, 2.45) is 0 Å². The molecule has 0 radical (unpaired) electrons. The van der Waals surface area contributed by atoms with Crippen molar-refractivity contribution >= 4 is 25.7 Å². The van der Waals surface area contributed by atoms with Gasteiger partial charge in [0.25, 0.3) is 8.32 Å². The third-order valence-corrected chi connectivity index (χ3v) is 9.49. The summed E-state index contributed by atoms with van der Waals surface area (Å²) < 4.78 is 43.2. The molecule has 0 unspecified atom stereocenters. The molecule has 2 aromatic carbocycles. The summed E-state index contributed by atoms with van der Waals surface area (Å²) in [6, 6.07) is 20.4. The van der Waals surface area contributed by atoms with Gasteiger partial charge in [0.1, 0.15) is 0 Å². The Hall–Kier alpha value is -0.332. The molecule has 2 rings (SSSR count). The average molecular weight is 428 g/mol. The van der Waals surface area contributed by atoms with Gasteiger partial charge in [0.2, 0.25) is 0 Å². The smallest absolute Gasteiger partial charge is 0.438 e. The van der Waals surface area contributed by atoms with Crippen molar-refractivity contribution in [3.8, 4) is 11.7 Å². The van der Waals surface area contributed by atoms with Crippen LogP contribution in [0.5, 0.6) is 0 Å². The van der Waals surface area contributed by atoms with Gasteiger partial charge in [0, 0.05) is 13.0 Å². The maximum Gasteiger partial charge on any atom is 1.00 e. The molecule has 0 aliphatic rings. The standard InChI is InChI=1S/C21H25BF3OSi.K/c1-21(2,3)27(19-13-7-4-8-14-19,20-15-9-5-10-16-20)26-18-12-6-11-17-22(23,24)25;/h4-5,7-10,13-16H,6,12,18H2,1-3H3;/q-1;+1. The first-order chi connectivity index (χ1) is 12.7. The largest absolute Gasteiger partial charge is 1.00 e. The van der Waals surface area contributed by atoms with Crippen LogP contribution >= 0.6 is 0 Å². The summed E-state index contributed by atoms with van der Waals surface area (Å²) in [6.45, 7) is 1.86. The third kappa shape index (κ3) is 6.87. The monoisotopic (exact) mass is 428 g/mol. The molecule has 28 heavy (non-hydrogen) atoms. The number of rotatable bonds is 6. The van der Waals surface area contributed by atoms with E-state index in [1.807, 2.05) is 36.4 Å². The summed E-state index contributed by atoms with van der Waals surface area (Å²) in [4.78, 5) is 0. The van der Waals surface area contributed by atoms with E-state index >= 15 is 0 Å². The zero-order valence-corrected chi connectivity index (χ0v) is 21.1. The minimum absolute atomic E-state index is 0. The van der Waals surface area contributed by atoms with Gasteiger partial charge in [-0.15, -0.1) is 5.92 Å². The Morgan fingerprint density at radius 1 is 0.893 bits per heavy atom. The third-order valence-electron chi connectivity index (χ3n) is 4.45. The molecule has 0 aliphatic carbocycles. The summed E-state index contributed by atoms with van der Waals surface area (Å²) in [6.07, 6.45) is 0.656. The van der Waals surface area contributed by atoms with Gasteiger partial charge in [0.15, 0.2) is 0 Å². The first-order valence-corrected chi connectivity index (χ1v) is 11.0. The summed E-state index contributed by atoms with van der Waals surface area (Å²) in [7, 11) is -2.61. The molecule has 0 saturated heterocycles. The van der Waals surface area contributed by atoms with Crippen LogP contribution in [0.2, 0.25) is 5.04 Å². The minimum atomic E-state index is -5.04. The van der Waals surface area contributed by atoms with E-state index in [1.54, 1.807) is 0 Å². The summed E-state index contributed by atoms with van der Waals surface area (Å²) >= 11 is 0. The van der Waals surface area contributed by atoms with E-state index in [2.05, 4.69) is 51.0 Å². The fourth-order valence-corrected chi connectivity index (χ4v) is 7.94. The van der Waals surface area contributed by atoms with Crippen LogP contribution < -0.4 is 61.8 Å². The van der Waals surface area contributed by atoms with Crippen molar-refractivity contribution in [1.82, 2.24) is 0 Å². The summed E-state index contributed by atoms with van der Waals surface area (Å²) in [5, 5.41) is 2.18. The molecular formula is C21H25BF3KOSi. The number of hydrogen-bond acceptors (Lipinski definition) is 1. The Bertz CT molecular complexity index is 741. The van der Waals surface area contributed by atoms with Crippen LogP contribution in [0.1, 0.15) is 33.6 Å². The van der Waals surface area contributed by atoms with Crippen LogP contribution in [0.15, 0.2) is 60.7 Å². The first-order valence-electron chi connectivity index (χ1n) is 9.11. The number of benzene rings is 2. The SMILES string of the molecule is CC(C)(C)[Si](OCCCC#C[B-](F)(F)F)(c1ccccc1)c1ccccc1.[K+]. The van der Waals surface area contributed by atoms with Crippen molar-refractivity contribution < 1.29 is 68.8 Å². The van der Waals surface area contributed by atoms with E-state index in [9.17, 15) is 12.9 Å². The minimum Gasteiger partial charge on any atom is -0.438 e. The van der Waals surface area contributed by atoms with Crippen LogP contribution in [0.25, 0.3) is 0 Å². The summed E-state index contributed by atoms with van der Waals surface area (Å²) in [5.74, 6) is 3.60. The number of unbranched alkanes of at least 4 members (excludes halogenated alkanes) is 1. The fourth-order valence-electron chi connectivity index (χ4n) is 3.34. The molecule has 0 N–H and O–H groups in total. The van der Waals surface area contributed by atoms with Crippen molar-refractivity contribution in [3.63, 3.8) is 0 Å². The maximum absolute atomic E-state index is 12.2. The zero-order valence-electron chi connectivity index (χ0n) is 17.0. The molecule has 0 fully saturated rings. The van der Waals surface area contributed by atoms with Gasteiger partial charge in [-0.05, 0) is 21.8 Å². The molecule has 0 aromatic heterocycles. The molecule has 0 saturated carbocycles. The molecule has 0 aliphatic heterocycles. The molecule has 1 nitrogen and oxygen atoms in total. The second-order valence-corrected chi connectivity index (χ2v) is 11.8. The molecule has 0 atom stereocenters. The van der Waals surface area contributed by atoms with Gasteiger partial charge in [-0.1, -0.05) is 81.4 Å². The topological polar surface area (TPSA) is 9.23 Å². The Morgan fingerprint density at radius 3 is 1.75 bits per heavy atom. The Balaban J connectivity index is 0.00000392. The zero-order chi connectivity index (χ0) is 20.0. The van der Waals surface area contributed by atoms with Crippen LogP contribution in [0.4, 0.5) is 12.9 Å². The molecule has 144 valence electrons. The van der Waals surface area contributed by atoms with E-state index in [1.165, 1.54) is 5.82 Å². The second kappa shape index (κ2) is 11.2. The Morgan fingerprint density at radius 2 is 1.36 bits per heavy atom. The van der Waals surface area contributed by atoms with Gasteiger partial charge >= 0.3 is 58.4 Å². The summed E-state index contributed by atoms with van der Waals surface area (Å²) in [5.41, 5.74) is 0. The van der Waals surface area contributed by atoms with Crippen LogP contribution in [-0.4, -0.2) is 21.9 Å². The second-order valence-electron chi connectivity index (χ2n) is 7.51. The predicted molar refractivity (Wildman–Crippen MR) is 110 cm³/mol. The molecular weight excluding hydrogens is 403 g/mol. The van der Waals surface area contributed by atoms with E-state index < -0.39 is 15.3 Å². The molecule has 0 spiro atoms. The quantitative estimate of drug-likeness (QED) is 0.387. The van der Waals surface area contributed by atoms with Crippen molar-refractivity contribution in [2.45, 2.75) is 38.7 Å². The number of hydrogen-bond donors (Lipinski definition) is 0. The molecule has 7 heteroatoms. The molecule has 0 heterocycles. The number of halogens is 3. The average Bonchev–Trinajstić information content (AvgIpc) is 2.61. The molecule has 0 bridgehead atoms. The van der Waals surface area contributed by atoms with Crippen molar-refractivity contribution in [2.75, 3.05) is 6.61 Å². The van der Waals surface area contributed by atoms with Crippen LogP contribution in [0, 0.1) is 11.7 Å². The van der Waals surface area contributed by atoms with E-state index in [0.717, 1.165) is 10.4 Å². The van der Waals surface area contributed by atoms with E-state index in [4.69, 9.17) is 4.43 Å². The molecule has 2 aromatic rings. The molecule has 0 amide bonds. The van der Waals surface area contributed by atoms with Crippen LogP contribution in [0.3, 0.4) is 0 Å². The Kier molecular flexibility index (Phi) is 10.3. The van der Waals surface area contributed by atoms with Gasteiger partial charge in [-0.2, -0.15) is 0 Å². The predicted octanol–water partition coefficient (Wildman–Crippen LogP) is 1.74. The van der Waals surface area contributed by atoms with E-state index in [0.29, 0.717) is 13.0 Å². The van der Waals surface area contributed by atoms with Gasteiger partial charge in [-0.25, -0.2) is 5.82 Å².